The average Bonchev–Trinajstić information content (AvgIpc) is 3.20. The molecule has 1 unspecified atom stereocenters. The normalized spacial score (nSPS) is 16.2. The van der Waals surface area contributed by atoms with Crippen molar-refractivity contribution in [1.29, 1.82) is 0 Å². The van der Waals surface area contributed by atoms with E-state index in [4.69, 9.17) is 16.3 Å². The topological polar surface area (TPSA) is 113 Å². The number of hydrogen-bond donors (Lipinski definition) is 2. The Kier molecular flexibility index (Phi) is 6.50. The highest BCUT2D eigenvalue weighted by Gasteiger charge is 2.24. The van der Waals surface area contributed by atoms with E-state index in [1.807, 2.05) is 0 Å². The van der Waals surface area contributed by atoms with Crippen molar-refractivity contribution in [3.05, 3.63) is 35.5 Å². The molecule has 11 heteroatoms. The SMILES string of the molecule is CC(=O)OCC(=O)N1CCCC(CNc2nc(-c3c[nH]c4ncc(Cl)cc34)ncc2F)C1. The number of aromatic amines is 1. The minimum absolute atomic E-state index is 0.0858. The Labute approximate surface area is 188 Å². The highest BCUT2D eigenvalue weighted by Crippen LogP contribution is 2.28. The summed E-state index contributed by atoms with van der Waals surface area (Å²) < 4.78 is 19.2. The number of halogens is 2. The third-order valence-corrected chi connectivity index (χ3v) is 5.52. The molecule has 2 N–H and O–H groups in total. The van der Waals surface area contributed by atoms with Gasteiger partial charge in [-0.1, -0.05) is 11.6 Å². The van der Waals surface area contributed by atoms with Crippen molar-refractivity contribution >= 4 is 40.3 Å². The van der Waals surface area contributed by atoms with E-state index < -0.39 is 11.8 Å². The predicted octanol–water partition coefficient (Wildman–Crippen LogP) is 3.03. The number of aromatic nitrogens is 4. The van der Waals surface area contributed by atoms with Gasteiger partial charge in [0.25, 0.3) is 5.91 Å². The van der Waals surface area contributed by atoms with Crippen molar-refractivity contribution in [2.75, 3.05) is 31.6 Å². The van der Waals surface area contributed by atoms with E-state index in [0.717, 1.165) is 24.4 Å². The van der Waals surface area contributed by atoms with Crippen LogP contribution in [0.5, 0.6) is 0 Å². The summed E-state index contributed by atoms with van der Waals surface area (Å²) in [6, 6.07) is 1.75. The highest BCUT2D eigenvalue weighted by molar-refractivity contribution is 6.31. The van der Waals surface area contributed by atoms with E-state index in [0.29, 0.717) is 41.7 Å². The zero-order valence-electron chi connectivity index (χ0n) is 17.4. The monoisotopic (exact) mass is 460 g/mol. The van der Waals surface area contributed by atoms with Crippen LogP contribution in [0.2, 0.25) is 5.02 Å². The number of carbonyl (C=O) groups excluding carboxylic acids is 2. The summed E-state index contributed by atoms with van der Waals surface area (Å²) in [6.07, 6.45) is 6.07. The molecule has 3 aromatic heterocycles. The van der Waals surface area contributed by atoms with Crippen molar-refractivity contribution in [2.45, 2.75) is 19.8 Å². The largest absolute Gasteiger partial charge is 0.456 e. The van der Waals surface area contributed by atoms with Crippen LogP contribution < -0.4 is 5.32 Å². The molecule has 168 valence electrons. The van der Waals surface area contributed by atoms with Gasteiger partial charge in [-0.2, -0.15) is 0 Å². The van der Waals surface area contributed by atoms with Gasteiger partial charge in [-0.05, 0) is 24.8 Å². The molecule has 0 radical (unpaired) electrons. The molecule has 0 aromatic carbocycles. The van der Waals surface area contributed by atoms with E-state index in [2.05, 4.69) is 25.3 Å². The van der Waals surface area contributed by atoms with Gasteiger partial charge in [0.15, 0.2) is 24.1 Å². The lowest BCUT2D eigenvalue weighted by molar-refractivity contribution is -0.151. The van der Waals surface area contributed by atoms with E-state index in [1.54, 1.807) is 17.2 Å². The second kappa shape index (κ2) is 9.47. The Bertz CT molecular complexity index is 1150. The predicted molar refractivity (Wildman–Crippen MR) is 117 cm³/mol. The zero-order valence-corrected chi connectivity index (χ0v) is 18.2. The number of hydrogen-bond acceptors (Lipinski definition) is 7. The Morgan fingerprint density at radius 2 is 2.22 bits per heavy atom. The lowest BCUT2D eigenvalue weighted by Gasteiger charge is -2.32. The number of fused-ring (bicyclic) bond motifs is 1. The molecule has 1 fully saturated rings. The Morgan fingerprint density at radius 1 is 1.38 bits per heavy atom. The number of ether oxygens (including phenoxy) is 1. The van der Waals surface area contributed by atoms with Crippen LogP contribution in [0.15, 0.2) is 24.7 Å². The molecule has 4 heterocycles. The summed E-state index contributed by atoms with van der Waals surface area (Å²) in [5.41, 5.74) is 1.30. The van der Waals surface area contributed by atoms with E-state index in [1.165, 1.54) is 13.1 Å². The fourth-order valence-electron chi connectivity index (χ4n) is 3.74. The van der Waals surface area contributed by atoms with Crippen LogP contribution in [0, 0.1) is 11.7 Å². The van der Waals surface area contributed by atoms with Gasteiger partial charge in [0, 0.05) is 49.9 Å². The maximum absolute atomic E-state index is 14.4. The van der Waals surface area contributed by atoms with Crippen molar-refractivity contribution in [2.24, 2.45) is 5.92 Å². The van der Waals surface area contributed by atoms with E-state index in [-0.39, 0.29) is 24.2 Å². The molecule has 0 bridgehead atoms. The molecule has 32 heavy (non-hydrogen) atoms. The van der Waals surface area contributed by atoms with Crippen LogP contribution in [-0.4, -0.2) is 63.0 Å². The van der Waals surface area contributed by atoms with Crippen molar-refractivity contribution in [1.82, 2.24) is 24.8 Å². The summed E-state index contributed by atoms with van der Waals surface area (Å²) in [5, 5.41) is 4.27. The van der Waals surface area contributed by atoms with Gasteiger partial charge >= 0.3 is 5.97 Å². The van der Waals surface area contributed by atoms with Crippen LogP contribution >= 0.6 is 11.6 Å². The van der Waals surface area contributed by atoms with Crippen molar-refractivity contribution in [3.8, 4) is 11.4 Å². The molecule has 1 aliphatic heterocycles. The molecule has 0 aliphatic carbocycles. The quantitative estimate of drug-likeness (QED) is 0.543. The lowest BCUT2D eigenvalue weighted by Crippen LogP contribution is -2.43. The van der Waals surface area contributed by atoms with Gasteiger partial charge in [0.2, 0.25) is 0 Å². The van der Waals surface area contributed by atoms with Gasteiger partial charge in [-0.3, -0.25) is 9.59 Å². The Balaban J connectivity index is 1.44. The van der Waals surface area contributed by atoms with E-state index >= 15 is 0 Å². The molecule has 1 amide bonds. The number of likely N-dealkylation sites (tertiary alicyclic amines) is 1. The van der Waals surface area contributed by atoms with E-state index in [9.17, 15) is 14.0 Å². The first-order chi connectivity index (χ1) is 15.4. The molecule has 9 nitrogen and oxygen atoms in total. The molecule has 0 saturated carbocycles. The van der Waals surface area contributed by atoms with Crippen LogP contribution in [0.1, 0.15) is 19.8 Å². The van der Waals surface area contributed by atoms with Gasteiger partial charge < -0.3 is 19.9 Å². The van der Waals surface area contributed by atoms with Crippen molar-refractivity contribution < 1.29 is 18.7 Å². The third kappa shape index (κ3) is 4.96. The number of nitrogens with one attached hydrogen (secondary N) is 2. The molecular weight excluding hydrogens is 439 g/mol. The van der Waals surface area contributed by atoms with Crippen molar-refractivity contribution in [3.63, 3.8) is 0 Å². The smallest absolute Gasteiger partial charge is 0.303 e. The number of rotatable bonds is 6. The Hall–Kier alpha value is -3.27. The van der Waals surface area contributed by atoms with Gasteiger partial charge in [0.05, 0.1) is 11.2 Å². The number of amides is 1. The molecular formula is C21H22ClFN6O3. The number of piperidine rings is 1. The number of esters is 1. The number of H-pyrrole nitrogens is 1. The summed E-state index contributed by atoms with van der Waals surface area (Å²) in [5.74, 6) is -0.750. The van der Waals surface area contributed by atoms with Crippen LogP contribution in [0.3, 0.4) is 0 Å². The number of carbonyl (C=O) groups is 2. The first kappa shape index (κ1) is 21.9. The first-order valence-corrected chi connectivity index (χ1v) is 10.6. The van der Waals surface area contributed by atoms with Gasteiger partial charge in [-0.25, -0.2) is 19.3 Å². The van der Waals surface area contributed by atoms with Crippen LogP contribution in [0.25, 0.3) is 22.4 Å². The minimum atomic E-state index is -0.566. The summed E-state index contributed by atoms with van der Waals surface area (Å²) >= 11 is 6.05. The molecule has 0 spiro atoms. The highest BCUT2D eigenvalue weighted by atomic mass is 35.5. The standard InChI is InChI=1S/C21H22ClFN6O3/c1-12(30)32-11-18(31)29-4-2-3-13(10-29)6-24-21-17(23)9-27-20(28-21)16-8-26-19-15(16)5-14(22)7-25-19/h5,7-9,13H,2-4,6,10-11H2,1H3,(H,25,26)(H,24,27,28). The second-order valence-corrected chi connectivity index (χ2v) is 8.09. The summed E-state index contributed by atoms with van der Waals surface area (Å²) in [7, 11) is 0. The van der Waals surface area contributed by atoms with Crippen LogP contribution in [-0.2, 0) is 14.3 Å². The average molecular weight is 461 g/mol. The third-order valence-electron chi connectivity index (χ3n) is 5.31. The molecule has 3 aromatic rings. The van der Waals surface area contributed by atoms with Gasteiger partial charge in [-0.15, -0.1) is 0 Å². The van der Waals surface area contributed by atoms with Crippen LogP contribution in [0.4, 0.5) is 10.2 Å². The number of nitrogens with zero attached hydrogens (tertiary/aromatic N) is 4. The fourth-order valence-corrected chi connectivity index (χ4v) is 3.90. The zero-order chi connectivity index (χ0) is 22.7. The maximum atomic E-state index is 14.4. The fraction of sp³-hybridized carbons (Fsp3) is 0.381. The van der Waals surface area contributed by atoms with Gasteiger partial charge in [0.1, 0.15) is 5.65 Å². The lowest BCUT2D eigenvalue weighted by atomic mass is 9.98. The Morgan fingerprint density at radius 3 is 3.03 bits per heavy atom. The minimum Gasteiger partial charge on any atom is -0.456 e. The maximum Gasteiger partial charge on any atom is 0.303 e. The molecule has 1 atom stereocenters. The number of pyridine rings is 1. The first-order valence-electron chi connectivity index (χ1n) is 10.2. The molecule has 1 aliphatic rings. The summed E-state index contributed by atoms with van der Waals surface area (Å²) in [6.45, 7) is 2.55. The summed E-state index contributed by atoms with van der Waals surface area (Å²) in [4.78, 5) is 40.5. The molecule has 1 saturated heterocycles. The number of anilines is 1. The molecule has 4 rings (SSSR count). The second-order valence-electron chi connectivity index (χ2n) is 7.65.